The van der Waals surface area contributed by atoms with E-state index in [1.54, 1.807) is 14.2 Å². The minimum atomic E-state index is -0.164. The third-order valence-corrected chi connectivity index (χ3v) is 3.18. The van der Waals surface area contributed by atoms with Gasteiger partial charge in [0.1, 0.15) is 0 Å². The van der Waals surface area contributed by atoms with Crippen LogP contribution < -0.4 is 20.5 Å². The largest absolute Gasteiger partial charge is 0.493 e. The van der Waals surface area contributed by atoms with Crippen molar-refractivity contribution in [1.82, 2.24) is 5.32 Å². The molecule has 5 nitrogen and oxygen atoms in total. The van der Waals surface area contributed by atoms with Crippen LogP contribution in [0.1, 0.15) is 19.4 Å². The van der Waals surface area contributed by atoms with Gasteiger partial charge in [-0.3, -0.25) is 4.79 Å². The SMILES string of the molecule is COc1ccc(CC(C)NC(=O)C(C)CN)cc1OC. The Morgan fingerprint density at radius 2 is 1.90 bits per heavy atom. The summed E-state index contributed by atoms with van der Waals surface area (Å²) >= 11 is 0. The summed E-state index contributed by atoms with van der Waals surface area (Å²) in [5, 5.41) is 2.95. The monoisotopic (exact) mass is 280 g/mol. The summed E-state index contributed by atoms with van der Waals surface area (Å²) in [6.45, 7) is 4.14. The number of rotatable bonds is 7. The second-order valence-electron chi connectivity index (χ2n) is 4.94. The maximum Gasteiger partial charge on any atom is 0.224 e. The highest BCUT2D eigenvalue weighted by Gasteiger charge is 2.14. The molecule has 0 aliphatic rings. The fourth-order valence-electron chi connectivity index (χ4n) is 1.90. The molecule has 3 N–H and O–H groups in total. The van der Waals surface area contributed by atoms with Gasteiger partial charge in [0.2, 0.25) is 5.91 Å². The van der Waals surface area contributed by atoms with Crippen molar-refractivity contribution in [2.24, 2.45) is 11.7 Å². The first kappa shape index (κ1) is 16.3. The Morgan fingerprint density at radius 3 is 2.45 bits per heavy atom. The summed E-state index contributed by atoms with van der Waals surface area (Å²) in [7, 11) is 3.21. The lowest BCUT2D eigenvalue weighted by molar-refractivity contribution is -0.124. The summed E-state index contributed by atoms with van der Waals surface area (Å²) in [6.07, 6.45) is 0.726. The normalized spacial score (nSPS) is 13.4. The fourth-order valence-corrected chi connectivity index (χ4v) is 1.90. The van der Waals surface area contributed by atoms with Gasteiger partial charge in [-0.2, -0.15) is 0 Å². The van der Waals surface area contributed by atoms with Gasteiger partial charge in [0, 0.05) is 18.5 Å². The van der Waals surface area contributed by atoms with Crippen molar-refractivity contribution < 1.29 is 14.3 Å². The molecular weight excluding hydrogens is 256 g/mol. The average Bonchev–Trinajstić information content (AvgIpc) is 2.45. The smallest absolute Gasteiger partial charge is 0.224 e. The second kappa shape index (κ2) is 7.75. The lowest BCUT2D eigenvalue weighted by atomic mass is 10.1. The molecule has 1 aromatic carbocycles. The van der Waals surface area contributed by atoms with Crippen molar-refractivity contribution in [3.05, 3.63) is 23.8 Å². The van der Waals surface area contributed by atoms with E-state index >= 15 is 0 Å². The minimum absolute atomic E-state index is 0.0134. The molecule has 0 aromatic heterocycles. The first-order valence-corrected chi connectivity index (χ1v) is 6.73. The molecular formula is C15H24N2O3. The van der Waals surface area contributed by atoms with E-state index < -0.39 is 0 Å². The summed E-state index contributed by atoms with van der Waals surface area (Å²) in [5.41, 5.74) is 6.56. The molecule has 0 aliphatic carbocycles. The van der Waals surface area contributed by atoms with Crippen LogP contribution in [0.15, 0.2) is 18.2 Å². The van der Waals surface area contributed by atoms with Crippen LogP contribution in [0.3, 0.4) is 0 Å². The van der Waals surface area contributed by atoms with Crippen molar-refractivity contribution in [2.45, 2.75) is 26.3 Å². The number of nitrogens with two attached hydrogens (primary N) is 1. The first-order valence-electron chi connectivity index (χ1n) is 6.73. The Morgan fingerprint density at radius 1 is 1.25 bits per heavy atom. The predicted molar refractivity (Wildman–Crippen MR) is 79.1 cm³/mol. The number of carbonyl (C=O) groups is 1. The third-order valence-electron chi connectivity index (χ3n) is 3.18. The molecule has 0 bridgehead atoms. The van der Waals surface area contributed by atoms with Crippen LogP contribution in [-0.4, -0.2) is 32.7 Å². The molecule has 112 valence electrons. The molecule has 1 rings (SSSR count). The van der Waals surface area contributed by atoms with E-state index in [9.17, 15) is 4.79 Å². The standard InChI is InChI=1S/C15H24N2O3/c1-10(9-16)15(18)17-11(2)7-12-5-6-13(19-3)14(8-12)20-4/h5-6,8,10-11H,7,9,16H2,1-4H3,(H,17,18). The molecule has 1 aromatic rings. The molecule has 5 heteroatoms. The number of ether oxygens (including phenoxy) is 2. The van der Waals surface area contributed by atoms with E-state index in [0.29, 0.717) is 18.0 Å². The highest BCUT2D eigenvalue weighted by molar-refractivity contribution is 5.78. The molecule has 2 atom stereocenters. The Labute approximate surface area is 120 Å². The second-order valence-corrected chi connectivity index (χ2v) is 4.94. The van der Waals surface area contributed by atoms with E-state index in [1.807, 2.05) is 32.0 Å². The fraction of sp³-hybridized carbons (Fsp3) is 0.533. The lowest BCUT2D eigenvalue weighted by Crippen LogP contribution is -2.39. The molecule has 0 aliphatic heterocycles. The summed E-state index contributed by atoms with van der Waals surface area (Å²) in [4.78, 5) is 11.8. The molecule has 2 unspecified atom stereocenters. The van der Waals surface area contributed by atoms with Crippen LogP contribution in [0.4, 0.5) is 0 Å². The van der Waals surface area contributed by atoms with Crippen LogP contribution in [-0.2, 0) is 11.2 Å². The van der Waals surface area contributed by atoms with Crippen molar-refractivity contribution in [3.8, 4) is 11.5 Å². The Bertz CT molecular complexity index is 449. The van der Waals surface area contributed by atoms with Crippen molar-refractivity contribution >= 4 is 5.91 Å². The van der Waals surface area contributed by atoms with Gasteiger partial charge in [-0.05, 0) is 31.0 Å². The predicted octanol–water partition coefficient (Wildman–Crippen LogP) is 1.35. The number of nitrogens with one attached hydrogen (secondary N) is 1. The molecule has 1 amide bonds. The van der Waals surface area contributed by atoms with E-state index in [1.165, 1.54) is 0 Å². The molecule has 0 fully saturated rings. The molecule has 0 spiro atoms. The number of amides is 1. The lowest BCUT2D eigenvalue weighted by Gasteiger charge is -2.17. The number of hydrogen-bond donors (Lipinski definition) is 2. The molecule has 20 heavy (non-hydrogen) atoms. The van der Waals surface area contributed by atoms with E-state index in [-0.39, 0.29) is 17.9 Å². The van der Waals surface area contributed by atoms with Crippen LogP contribution in [0.5, 0.6) is 11.5 Å². The molecule has 0 saturated carbocycles. The van der Waals surface area contributed by atoms with Crippen LogP contribution in [0.2, 0.25) is 0 Å². The zero-order chi connectivity index (χ0) is 15.1. The van der Waals surface area contributed by atoms with Crippen molar-refractivity contribution in [1.29, 1.82) is 0 Å². The van der Waals surface area contributed by atoms with Gasteiger partial charge in [0.05, 0.1) is 14.2 Å². The Hall–Kier alpha value is -1.75. The Balaban J connectivity index is 2.66. The van der Waals surface area contributed by atoms with Gasteiger partial charge < -0.3 is 20.5 Å². The van der Waals surface area contributed by atoms with Crippen LogP contribution in [0, 0.1) is 5.92 Å². The zero-order valence-corrected chi connectivity index (χ0v) is 12.6. The van der Waals surface area contributed by atoms with Gasteiger partial charge in [0.15, 0.2) is 11.5 Å². The summed E-state index contributed by atoms with van der Waals surface area (Å²) in [5.74, 6) is 1.21. The van der Waals surface area contributed by atoms with Crippen LogP contribution >= 0.6 is 0 Å². The maximum atomic E-state index is 11.8. The maximum absolute atomic E-state index is 11.8. The minimum Gasteiger partial charge on any atom is -0.493 e. The Kier molecular flexibility index (Phi) is 6.31. The van der Waals surface area contributed by atoms with Gasteiger partial charge in [-0.1, -0.05) is 13.0 Å². The van der Waals surface area contributed by atoms with Gasteiger partial charge in [-0.25, -0.2) is 0 Å². The van der Waals surface area contributed by atoms with E-state index in [0.717, 1.165) is 12.0 Å². The summed E-state index contributed by atoms with van der Waals surface area (Å²) < 4.78 is 10.5. The zero-order valence-electron chi connectivity index (χ0n) is 12.6. The number of methoxy groups -OCH3 is 2. The van der Waals surface area contributed by atoms with E-state index in [2.05, 4.69) is 5.32 Å². The van der Waals surface area contributed by atoms with Crippen LogP contribution in [0.25, 0.3) is 0 Å². The molecule has 0 radical (unpaired) electrons. The van der Waals surface area contributed by atoms with Gasteiger partial charge in [-0.15, -0.1) is 0 Å². The molecule has 0 heterocycles. The van der Waals surface area contributed by atoms with Gasteiger partial charge in [0.25, 0.3) is 0 Å². The third kappa shape index (κ3) is 4.42. The highest BCUT2D eigenvalue weighted by Crippen LogP contribution is 2.27. The van der Waals surface area contributed by atoms with Gasteiger partial charge >= 0.3 is 0 Å². The number of hydrogen-bond acceptors (Lipinski definition) is 4. The highest BCUT2D eigenvalue weighted by atomic mass is 16.5. The number of benzene rings is 1. The topological polar surface area (TPSA) is 73.6 Å². The summed E-state index contributed by atoms with van der Waals surface area (Å²) in [6, 6.07) is 5.80. The van der Waals surface area contributed by atoms with Crippen molar-refractivity contribution in [2.75, 3.05) is 20.8 Å². The first-order chi connectivity index (χ1) is 9.51. The average molecular weight is 280 g/mol. The van der Waals surface area contributed by atoms with Crippen molar-refractivity contribution in [3.63, 3.8) is 0 Å². The van der Waals surface area contributed by atoms with E-state index in [4.69, 9.17) is 15.2 Å². The number of carbonyl (C=O) groups excluding carboxylic acids is 1. The molecule has 0 saturated heterocycles. The quantitative estimate of drug-likeness (QED) is 0.790.